The molecule has 7 nitrogen and oxygen atoms in total. The van der Waals surface area contributed by atoms with Gasteiger partial charge in [0.25, 0.3) is 0 Å². The van der Waals surface area contributed by atoms with Crippen molar-refractivity contribution in [2.45, 2.75) is 6.61 Å². The minimum Gasteiger partial charge on any atom is -0.415 e. The largest absolute Gasteiger partial charge is 0.415 e. The van der Waals surface area contributed by atoms with Crippen molar-refractivity contribution in [3.8, 4) is 5.88 Å². The summed E-state index contributed by atoms with van der Waals surface area (Å²) in [5.74, 6) is 0.615. The van der Waals surface area contributed by atoms with Crippen molar-refractivity contribution in [3.05, 3.63) is 24.5 Å². The van der Waals surface area contributed by atoms with Crippen molar-refractivity contribution in [1.82, 2.24) is 25.1 Å². The Kier molecular flexibility index (Phi) is 2.71. The number of hydrogen-bond acceptors (Lipinski definition) is 5. The zero-order valence-electron chi connectivity index (χ0n) is 9.39. The second-order valence-electron chi connectivity index (χ2n) is 3.59. The predicted octanol–water partition coefficient (Wildman–Crippen LogP) is 2.03. The third-order valence-electron chi connectivity index (χ3n) is 2.29. The van der Waals surface area contributed by atoms with Gasteiger partial charge in [0.2, 0.25) is 5.88 Å². The molecular formula is C10H8F2N6O. The second kappa shape index (κ2) is 4.52. The molecule has 0 aliphatic heterocycles. The number of ether oxygens (including phenoxy) is 1. The lowest BCUT2D eigenvalue weighted by molar-refractivity contribution is -0.0528. The second-order valence-corrected chi connectivity index (χ2v) is 3.59. The number of rotatable bonds is 4. The van der Waals surface area contributed by atoms with Crippen molar-refractivity contribution in [2.75, 3.05) is 5.32 Å². The van der Waals surface area contributed by atoms with Gasteiger partial charge in [0.15, 0.2) is 11.5 Å². The molecule has 3 N–H and O–H groups in total. The molecule has 19 heavy (non-hydrogen) atoms. The number of nitrogens with one attached hydrogen (secondary N) is 3. The quantitative estimate of drug-likeness (QED) is 0.672. The van der Waals surface area contributed by atoms with Gasteiger partial charge < -0.3 is 15.0 Å². The summed E-state index contributed by atoms with van der Waals surface area (Å²) in [6, 6.07) is 3.09. The van der Waals surface area contributed by atoms with E-state index in [4.69, 9.17) is 0 Å². The van der Waals surface area contributed by atoms with Crippen LogP contribution in [0.25, 0.3) is 11.2 Å². The molecule has 0 radical (unpaired) electrons. The van der Waals surface area contributed by atoms with E-state index >= 15 is 0 Å². The zero-order valence-corrected chi connectivity index (χ0v) is 9.39. The number of hydrogen-bond donors (Lipinski definition) is 3. The SMILES string of the molecule is FC(F)Oc1cc(Nc2cnc3cc[nH]c3n2)[nH]n1. The van der Waals surface area contributed by atoms with E-state index in [9.17, 15) is 8.78 Å². The Morgan fingerprint density at radius 2 is 2.26 bits per heavy atom. The van der Waals surface area contributed by atoms with E-state index in [1.807, 2.05) is 0 Å². The van der Waals surface area contributed by atoms with E-state index in [-0.39, 0.29) is 5.88 Å². The maximum Gasteiger partial charge on any atom is 0.388 e. The smallest absolute Gasteiger partial charge is 0.388 e. The summed E-state index contributed by atoms with van der Waals surface area (Å²) in [4.78, 5) is 11.3. The highest BCUT2D eigenvalue weighted by Crippen LogP contribution is 2.19. The van der Waals surface area contributed by atoms with Gasteiger partial charge in [0, 0.05) is 12.3 Å². The first-order valence-corrected chi connectivity index (χ1v) is 5.28. The number of halogens is 2. The molecule has 0 aliphatic rings. The number of anilines is 2. The van der Waals surface area contributed by atoms with Gasteiger partial charge in [-0.25, -0.2) is 9.97 Å². The molecule has 3 aromatic heterocycles. The Hall–Kier alpha value is -2.71. The third-order valence-corrected chi connectivity index (χ3v) is 2.29. The molecule has 9 heteroatoms. The van der Waals surface area contributed by atoms with Gasteiger partial charge in [-0.1, -0.05) is 0 Å². The molecule has 0 unspecified atom stereocenters. The molecule has 0 fully saturated rings. The summed E-state index contributed by atoms with van der Waals surface area (Å²) < 4.78 is 28.1. The maximum atomic E-state index is 12.0. The van der Waals surface area contributed by atoms with Crippen LogP contribution >= 0.6 is 0 Å². The van der Waals surface area contributed by atoms with Gasteiger partial charge in [0.05, 0.1) is 6.20 Å². The lowest BCUT2D eigenvalue weighted by Gasteiger charge is -2.01. The third kappa shape index (κ3) is 2.44. The molecule has 3 rings (SSSR count). The Morgan fingerprint density at radius 1 is 1.37 bits per heavy atom. The lowest BCUT2D eigenvalue weighted by atomic mass is 10.5. The fraction of sp³-hybridized carbons (Fsp3) is 0.100. The molecule has 3 aromatic rings. The number of aromatic nitrogens is 5. The van der Waals surface area contributed by atoms with Crippen LogP contribution in [0.3, 0.4) is 0 Å². The molecule has 0 saturated carbocycles. The Labute approximate surface area is 105 Å². The van der Waals surface area contributed by atoms with Gasteiger partial charge in [-0.2, -0.15) is 8.78 Å². The summed E-state index contributed by atoms with van der Waals surface area (Å²) in [6.45, 7) is -2.91. The van der Waals surface area contributed by atoms with Crippen molar-refractivity contribution in [1.29, 1.82) is 0 Å². The average Bonchev–Trinajstić information content (AvgIpc) is 2.97. The van der Waals surface area contributed by atoms with E-state index < -0.39 is 6.61 Å². The van der Waals surface area contributed by atoms with Gasteiger partial charge in [-0.15, -0.1) is 5.10 Å². The molecule has 0 aromatic carbocycles. The highest BCUT2D eigenvalue weighted by atomic mass is 19.3. The predicted molar refractivity (Wildman–Crippen MR) is 62.4 cm³/mol. The molecule has 0 spiro atoms. The van der Waals surface area contributed by atoms with Crippen LogP contribution in [0.15, 0.2) is 24.5 Å². The molecular weight excluding hydrogens is 258 g/mol. The first kappa shape index (κ1) is 11.4. The van der Waals surface area contributed by atoms with Crippen LogP contribution in [-0.4, -0.2) is 31.8 Å². The lowest BCUT2D eigenvalue weighted by Crippen LogP contribution is -2.01. The summed E-state index contributed by atoms with van der Waals surface area (Å²) in [6.07, 6.45) is 3.24. The molecule has 0 amide bonds. The molecule has 0 atom stereocenters. The van der Waals surface area contributed by atoms with Crippen molar-refractivity contribution >= 4 is 22.8 Å². The summed E-state index contributed by atoms with van der Waals surface area (Å²) in [5, 5.41) is 8.91. The summed E-state index contributed by atoms with van der Waals surface area (Å²) >= 11 is 0. The molecule has 0 aliphatic carbocycles. The summed E-state index contributed by atoms with van der Waals surface area (Å²) in [5.41, 5.74) is 1.35. The van der Waals surface area contributed by atoms with Crippen molar-refractivity contribution in [3.63, 3.8) is 0 Å². The molecule has 0 bridgehead atoms. The van der Waals surface area contributed by atoms with Crippen LogP contribution in [0.5, 0.6) is 5.88 Å². The Balaban J connectivity index is 1.78. The first-order valence-electron chi connectivity index (χ1n) is 5.28. The van der Waals surface area contributed by atoms with Crippen LogP contribution in [0.1, 0.15) is 0 Å². The Morgan fingerprint density at radius 3 is 3.11 bits per heavy atom. The molecule has 0 saturated heterocycles. The van der Waals surface area contributed by atoms with Crippen LogP contribution in [-0.2, 0) is 0 Å². The number of nitrogens with zero attached hydrogens (tertiary/aromatic N) is 3. The molecule has 3 heterocycles. The highest BCUT2D eigenvalue weighted by Gasteiger charge is 2.09. The zero-order chi connectivity index (χ0) is 13.2. The standard InChI is InChI=1S/C10H8F2N6O/c11-10(12)19-8-3-6(17-18-8)15-7-4-14-5-1-2-13-9(5)16-7/h1-4,10H,(H3,13,15,16,17,18). The van der Waals surface area contributed by atoms with Crippen LogP contribution in [0.2, 0.25) is 0 Å². The monoisotopic (exact) mass is 266 g/mol. The van der Waals surface area contributed by atoms with Crippen LogP contribution in [0.4, 0.5) is 20.4 Å². The Bertz CT molecular complexity index is 694. The first-order chi connectivity index (χ1) is 9.20. The van der Waals surface area contributed by atoms with E-state index in [1.54, 1.807) is 12.3 Å². The average molecular weight is 266 g/mol. The number of fused-ring (bicyclic) bond motifs is 1. The van der Waals surface area contributed by atoms with Crippen LogP contribution in [0, 0.1) is 0 Å². The minimum absolute atomic E-state index is 0.202. The maximum absolute atomic E-state index is 12.0. The minimum atomic E-state index is -2.91. The fourth-order valence-electron chi connectivity index (χ4n) is 1.54. The van der Waals surface area contributed by atoms with Gasteiger partial charge in [-0.3, -0.25) is 5.10 Å². The highest BCUT2D eigenvalue weighted by molar-refractivity contribution is 5.72. The van der Waals surface area contributed by atoms with Gasteiger partial charge >= 0.3 is 6.61 Å². The fourth-order valence-corrected chi connectivity index (χ4v) is 1.54. The van der Waals surface area contributed by atoms with Crippen LogP contribution < -0.4 is 10.1 Å². The van der Waals surface area contributed by atoms with Crippen molar-refractivity contribution < 1.29 is 13.5 Å². The van der Waals surface area contributed by atoms with E-state index in [1.165, 1.54) is 12.3 Å². The van der Waals surface area contributed by atoms with Crippen molar-refractivity contribution in [2.24, 2.45) is 0 Å². The van der Waals surface area contributed by atoms with Gasteiger partial charge in [-0.05, 0) is 6.07 Å². The van der Waals surface area contributed by atoms with E-state index in [0.29, 0.717) is 17.3 Å². The number of H-pyrrole nitrogens is 2. The topological polar surface area (TPSA) is 91.5 Å². The summed E-state index contributed by atoms with van der Waals surface area (Å²) in [7, 11) is 0. The molecule has 98 valence electrons. The number of aromatic amines is 2. The normalized spacial score (nSPS) is 11.1. The number of alkyl halides is 2. The van der Waals surface area contributed by atoms with Gasteiger partial charge in [0.1, 0.15) is 11.3 Å². The van der Waals surface area contributed by atoms with E-state index in [2.05, 4.69) is 35.2 Å². The van der Waals surface area contributed by atoms with E-state index in [0.717, 1.165) is 5.52 Å².